The molecule has 0 aromatic carbocycles. The highest BCUT2D eigenvalue weighted by Gasteiger charge is 2.48. The summed E-state index contributed by atoms with van der Waals surface area (Å²) in [7, 11) is -2.94. The van der Waals surface area contributed by atoms with E-state index in [9.17, 15) is 13.5 Å². The Morgan fingerprint density at radius 2 is 1.93 bits per heavy atom. The van der Waals surface area contributed by atoms with E-state index in [0.717, 1.165) is 12.8 Å². The van der Waals surface area contributed by atoms with Crippen molar-refractivity contribution >= 4 is 9.84 Å². The maximum atomic E-state index is 11.8. The molecule has 0 aromatic rings. The molecule has 1 saturated heterocycles. The van der Waals surface area contributed by atoms with Crippen molar-refractivity contribution in [1.82, 2.24) is 0 Å². The lowest BCUT2D eigenvalue weighted by Gasteiger charge is -2.32. The summed E-state index contributed by atoms with van der Waals surface area (Å²) in [6, 6.07) is 0. The molecule has 0 bridgehead atoms. The average molecular weight is 234 g/mol. The van der Waals surface area contributed by atoms with Gasteiger partial charge in [-0.15, -0.1) is 0 Å². The Kier molecular flexibility index (Phi) is 3.23. The molecule has 1 atom stereocenters. The van der Waals surface area contributed by atoms with Crippen LogP contribution in [0.4, 0.5) is 0 Å². The van der Waals surface area contributed by atoms with Crippen LogP contribution in [0.25, 0.3) is 0 Å². The Balaban J connectivity index is 2.84. The Morgan fingerprint density at radius 1 is 1.40 bits per heavy atom. The lowest BCUT2D eigenvalue weighted by atomic mass is 9.77. The van der Waals surface area contributed by atoms with Gasteiger partial charge in [0.2, 0.25) is 0 Å². The third-order valence-electron chi connectivity index (χ3n) is 3.75. The van der Waals surface area contributed by atoms with Gasteiger partial charge in [-0.25, -0.2) is 8.42 Å². The monoisotopic (exact) mass is 234 g/mol. The van der Waals surface area contributed by atoms with Gasteiger partial charge >= 0.3 is 0 Å². The molecule has 1 aliphatic heterocycles. The highest BCUT2D eigenvalue weighted by atomic mass is 32.2. The summed E-state index contributed by atoms with van der Waals surface area (Å²) in [6.07, 6.45) is 1.51. The third kappa shape index (κ3) is 2.36. The zero-order chi connectivity index (χ0) is 11.9. The predicted molar refractivity (Wildman–Crippen MR) is 61.5 cm³/mol. The van der Waals surface area contributed by atoms with E-state index in [-0.39, 0.29) is 17.9 Å². The van der Waals surface area contributed by atoms with Crippen LogP contribution in [0.5, 0.6) is 0 Å². The first-order valence-corrected chi connectivity index (χ1v) is 7.11. The van der Waals surface area contributed by atoms with Crippen LogP contribution in [0.2, 0.25) is 0 Å². The molecule has 3 nitrogen and oxygen atoms in total. The Labute approximate surface area is 92.8 Å². The summed E-state index contributed by atoms with van der Waals surface area (Å²) in [5.41, 5.74) is -0.179. The van der Waals surface area contributed by atoms with Crippen LogP contribution < -0.4 is 0 Å². The normalized spacial score (nSPS) is 29.3. The largest absolute Gasteiger partial charge is 0.396 e. The summed E-state index contributed by atoms with van der Waals surface area (Å²) < 4.78 is 23.0. The SMILES string of the molecule is CC(C)(CO)CC1CCS(=O)(=O)C1(C)C. The smallest absolute Gasteiger partial charge is 0.155 e. The van der Waals surface area contributed by atoms with E-state index in [1.54, 1.807) is 0 Å². The molecule has 0 amide bonds. The standard InChI is InChI=1S/C11H22O3S/c1-10(2,8-12)7-9-5-6-15(13,14)11(9,3)4/h9,12H,5-8H2,1-4H3. The van der Waals surface area contributed by atoms with Crippen LogP contribution >= 0.6 is 0 Å². The van der Waals surface area contributed by atoms with Crippen molar-refractivity contribution in [3.8, 4) is 0 Å². The molecule has 0 radical (unpaired) electrons. The minimum absolute atomic E-state index is 0.111. The Hall–Kier alpha value is -0.0900. The minimum Gasteiger partial charge on any atom is -0.396 e. The van der Waals surface area contributed by atoms with Crippen LogP contribution in [0.3, 0.4) is 0 Å². The molecule has 0 aromatic heterocycles. The first-order chi connectivity index (χ1) is 6.62. The van der Waals surface area contributed by atoms with Gasteiger partial charge in [-0.3, -0.25) is 0 Å². The third-order valence-corrected chi connectivity index (χ3v) is 6.46. The van der Waals surface area contributed by atoms with Crippen molar-refractivity contribution in [3.05, 3.63) is 0 Å². The second kappa shape index (κ2) is 3.74. The van der Waals surface area contributed by atoms with Crippen LogP contribution in [0, 0.1) is 11.3 Å². The molecule has 0 aliphatic carbocycles. The number of aliphatic hydroxyl groups is 1. The van der Waals surface area contributed by atoms with Gasteiger partial charge in [0, 0.05) is 6.61 Å². The Bertz CT molecular complexity index is 328. The molecule has 1 rings (SSSR count). The van der Waals surface area contributed by atoms with Crippen molar-refractivity contribution in [1.29, 1.82) is 0 Å². The van der Waals surface area contributed by atoms with E-state index >= 15 is 0 Å². The van der Waals surface area contributed by atoms with E-state index in [1.807, 2.05) is 27.7 Å². The molecule has 90 valence electrons. The van der Waals surface area contributed by atoms with Crippen molar-refractivity contribution in [2.45, 2.75) is 45.3 Å². The number of hydrogen-bond acceptors (Lipinski definition) is 3. The van der Waals surface area contributed by atoms with Gasteiger partial charge < -0.3 is 5.11 Å². The van der Waals surface area contributed by atoms with Gasteiger partial charge in [-0.1, -0.05) is 13.8 Å². The number of hydrogen-bond donors (Lipinski definition) is 1. The highest BCUT2D eigenvalue weighted by molar-refractivity contribution is 7.93. The molecule has 4 heteroatoms. The fourth-order valence-corrected chi connectivity index (χ4v) is 4.07. The van der Waals surface area contributed by atoms with E-state index in [0.29, 0.717) is 5.75 Å². The summed E-state index contributed by atoms with van der Waals surface area (Å²) in [5.74, 6) is 0.469. The zero-order valence-electron chi connectivity index (χ0n) is 10.1. The molecule has 1 fully saturated rings. The van der Waals surface area contributed by atoms with E-state index in [4.69, 9.17) is 0 Å². The van der Waals surface area contributed by atoms with Crippen molar-refractivity contribution in [2.75, 3.05) is 12.4 Å². The van der Waals surface area contributed by atoms with Gasteiger partial charge in [-0.2, -0.15) is 0 Å². The molecular weight excluding hydrogens is 212 g/mol. The van der Waals surface area contributed by atoms with Crippen molar-refractivity contribution in [3.63, 3.8) is 0 Å². The van der Waals surface area contributed by atoms with Crippen LogP contribution in [0.1, 0.15) is 40.5 Å². The lowest BCUT2D eigenvalue weighted by molar-refractivity contribution is 0.123. The van der Waals surface area contributed by atoms with Gasteiger partial charge in [0.25, 0.3) is 0 Å². The number of rotatable bonds is 3. The molecule has 0 spiro atoms. The molecule has 1 heterocycles. The molecular formula is C11H22O3S. The van der Waals surface area contributed by atoms with Gasteiger partial charge in [-0.05, 0) is 38.0 Å². The topological polar surface area (TPSA) is 54.4 Å². The van der Waals surface area contributed by atoms with Crippen LogP contribution in [0.15, 0.2) is 0 Å². The van der Waals surface area contributed by atoms with E-state index < -0.39 is 14.6 Å². The molecule has 15 heavy (non-hydrogen) atoms. The quantitative estimate of drug-likeness (QED) is 0.807. The fraction of sp³-hybridized carbons (Fsp3) is 1.00. The van der Waals surface area contributed by atoms with Crippen molar-refractivity contribution in [2.24, 2.45) is 11.3 Å². The molecule has 1 aliphatic rings. The van der Waals surface area contributed by atoms with Gasteiger partial charge in [0.1, 0.15) is 0 Å². The molecule has 0 saturated carbocycles. The first kappa shape index (κ1) is 13.0. The van der Waals surface area contributed by atoms with Crippen LogP contribution in [-0.2, 0) is 9.84 Å². The van der Waals surface area contributed by atoms with Gasteiger partial charge in [0.05, 0.1) is 10.5 Å². The zero-order valence-corrected chi connectivity index (χ0v) is 10.9. The average Bonchev–Trinajstić information content (AvgIpc) is 2.28. The highest BCUT2D eigenvalue weighted by Crippen LogP contribution is 2.43. The molecule has 1 unspecified atom stereocenters. The fourth-order valence-electron chi connectivity index (χ4n) is 2.24. The van der Waals surface area contributed by atoms with E-state index in [2.05, 4.69) is 0 Å². The summed E-state index contributed by atoms with van der Waals surface area (Å²) in [6.45, 7) is 7.70. The summed E-state index contributed by atoms with van der Waals surface area (Å²) >= 11 is 0. The lowest BCUT2D eigenvalue weighted by Crippen LogP contribution is -2.36. The summed E-state index contributed by atoms with van der Waals surface area (Å²) in [4.78, 5) is 0. The maximum absolute atomic E-state index is 11.8. The number of aliphatic hydroxyl groups excluding tert-OH is 1. The van der Waals surface area contributed by atoms with Crippen LogP contribution in [-0.4, -0.2) is 30.6 Å². The number of sulfone groups is 1. The summed E-state index contributed by atoms with van der Waals surface area (Å²) in [5, 5.41) is 9.21. The predicted octanol–water partition coefficient (Wildman–Crippen LogP) is 1.61. The minimum atomic E-state index is -2.94. The second-order valence-electron chi connectivity index (χ2n) is 5.93. The second-order valence-corrected chi connectivity index (χ2v) is 8.62. The van der Waals surface area contributed by atoms with Crippen molar-refractivity contribution < 1.29 is 13.5 Å². The molecule has 1 N–H and O–H groups in total. The maximum Gasteiger partial charge on any atom is 0.155 e. The first-order valence-electron chi connectivity index (χ1n) is 5.45. The van der Waals surface area contributed by atoms with E-state index in [1.165, 1.54) is 0 Å². The Morgan fingerprint density at radius 3 is 2.27 bits per heavy atom. The van der Waals surface area contributed by atoms with Gasteiger partial charge in [0.15, 0.2) is 9.84 Å².